The van der Waals surface area contributed by atoms with Crippen LogP contribution in [-0.4, -0.2) is 16.8 Å². The molecular formula is C9H11BrO2. The van der Waals surface area contributed by atoms with E-state index in [9.17, 15) is 0 Å². The normalized spacial score (nSPS) is 10.2. The molecule has 0 amide bonds. The summed E-state index contributed by atoms with van der Waals surface area (Å²) < 4.78 is 0.952. The maximum Gasteiger partial charge on any atom is 0.0684 e. The molecule has 1 aromatic rings. The molecule has 0 aliphatic carbocycles. The summed E-state index contributed by atoms with van der Waals surface area (Å²) in [5.41, 5.74) is 1.88. The van der Waals surface area contributed by atoms with E-state index < -0.39 is 0 Å². The second-order valence-electron chi connectivity index (χ2n) is 2.54. The Morgan fingerprint density at radius 3 is 2.50 bits per heavy atom. The Bertz CT molecular complexity index is 261. The van der Waals surface area contributed by atoms with E-state index in [2.05, 4.69) is 15.9 Å². The van der Waals surface area contributed by atoms with Crippen molar-refractivity contribution in [3.63, 3.8) is 0 Å². The van der Waals surface area contributed by atoms with Crippen LogP contribution in [0.15, 0.2) is 22.7 Å². The van der Waals surface area contributed by atoms with Crippen LogP contribution < -0.4 is 0 Å². The number of hydrogen-bond acceptors (Lipinski definition) is 2. The highest BCUT2D eigenvalue weighted by atomic mass is 79.9. The molecule has 66 valence electrons. The van der Waals surface area contributed by atoms with Crippen LogP contribution in [0.25, 0.3) is 0 Å². The maximum atomic E-state index is 8.97. The minimum Gasteiger partial charge on any atom is -0.396 e. The van der Waals surface area contributed by atoms with E-state index in [0.717, 1.165) is 15.6 Å². The molecule has 3 heteroatoms. The van der Waals surface area contributed by atoms with Crippen LogP contribution in [0.2, 0.25) is 0 Å². The lowest BCUT2D eigenvalue weighted by Gasteiger charge is -2.05. The third-order valence-corrected chi connectivity index (χ3v) is 2.21. The minimum absolute atomic E-state index is 0.0226. The molecule has 0 atom stereocenters. The minimum atomic E-state index is 0.0226. The molecule has 0 unspecified atom stereocenters. The van der Waals surface area contributed by atoms with Crippen molar-refractivity contribution in [1.29, 1.82) is 0 Å². The van der Waals surface area contributed by atoms with Gasteiger partial charge < -0.3 is 10.2 Å². The summed E-state index contributed by atoms with van der Waals surface area (Å²) in [5, 5.41) is 17.7. The van der Waals surface area contributed by atoms with E-state index in [1.807, 2.05) is 18.2 Å². The molecule has 0 saturated heterocycles. The average molecular weight is 231 g/mol. The summed E-state index contributed by atoms with van der Waals surface area (Å²) >= 11 is 3.31. The van der Waals surface area contributed by atoms with Gasteiger partial charge in [0.1, 0.15) is 0 Å². The molecule has 0 aliphatic rings. The third-order valence-electron chi connectivity index (χ3n) is 1.72. The molecule has 2 nitrogen and oxygen atoms in total. The number of hydrogen-bond donors (Lipinski definition) is 2. The Morgan fingerprint density at radius 1 is 1.17 bits per heavy atom. The summed E-state index contributed by atoms with van der Waals surface area (Å²) in [4.78, 5) is 0. The van der Waals surface area contributed by atoms with Crippen LogP contribution in [0.3, 0.4) is 0 Å². The van der Waals surface area contributed by atoms with E-state index in [4.69, 9.17) is 10.2 Å². The van der Waals surface area contributed by atoms with E-state index in [-0.39, 0.29) is 13.2 Å². The van der Waals surface area contributed by atoms with Gasteiger partial charge in [-0.25, -0.2) is 0 Å². The lowest BCUT2D eigenvalue weighted by Crippen LogP contribution is -1.97. The van der Waals surface area contributed by atoms with Gasteiger partial charge in [0.2, 0.25) is 0 Å². The van der Waals surface area contributed by atoms with Crippen molar-refractivity contribution in [2.45, 2.75) is 13.0 Å². The van der Waals surface area contributed by atoms with Gasteiger partial charge in [-0.15, -0.1) is 0 Å². The smallest absolute Gasteiger partial charge is 0.0684 e. The molecule has 1 aromatic carbocycles. The van der Waals surface area contributed by atoms with Crippen LogP contribution in [0.1, 0.15) is 11.1 Å². The Hall–Kier alpha value is -0.380. The average Bonchev–Trinajstić information content (AvgIpc) is 2.08. The lowest BCUT2D eigenvalue weighted by atomic mass is 10.1. The van der Waals surface area contributed by atoms with Gasteiger partial charge in [0.25, 0.3) is 0 Å². The quantitative estimate of drug-likeness (QED) is 0.827. The van der Waals surface area contributed by atoms with Gasteiger partial charge in [-0.3, -0.25) is 0 Å². The SMILES string of the molecule is OCCc1ccc(Br)cc1CO. The van der Waals surface area contributed by atoms with Gasteiger partial charge in [-0.1, -0.05) is 22.0 Å². The van der Waals surface area contributed by atoms with Crippen LogP contribution in [0.4, 0.5) is 0 Å². The highest BCUT2D eigenvalue weighted by molar-refractivity contribution is 9.10. The molecule has 0 radical (unpaired) electrons. The van der Waals surface area contributed by atoms with Crippen LogP contribution in [-0.2, 0) is 13.0 Å². The third kappa shape index (κ3) is 2.30. The van der Waals surface area contributed by atoms with Gasteiger partial charge >= 0.3 is 0 Å². The van der Waals surface area contributed by atoms with E-state index in [1.165, 1.54) is 0 Å². The second kappa shape index (κ2) is 4.60. The first-order valence-electron chi connectivity index (χ1n) is 3.77. The van der Waals surface area contributed by atoms with Crippen molar-refractivity contribution >= 4 is 15.9 Å². The van der Waals surface area contributed by atoms with Crippen molar-refractivity contribution in [2.24, 2.45) is 0 Å². The number of benzene rings is 1. The number of halogens is 1. The molecule has 0 spiro atoms. The Balaban J connectivity index is 2.94. The van der Waals surface area contributed by atoms with Gasteiger partial charge in [0.15, 0.2) is 0 Å². The molecule has 1 rings (SSSR count). The molecular weight excluding hydrogens is 220 g/mol. The summed E-state index contributed by atoms with van der Waals surface area (Å²) in [5.74, 6) is 0. The van der Waals surface area contributed by atoms with Crippen molar-refractivity contribution in [3.8, 4) is 0 Å². The molecule has 0 aromatic heterocycles. The largest absolute Gasteiger partial charge is 0.396 e. The molecule has 12 heavy (non-hydrogen) atoms. The van der Waals surface area contributed by atoms with Gasteiger partial charge in [0, 0.05) is 11.1 Å². The first-order chi connectivity index (χ1) is 5.77. The number of aliphatic hydroxyl groups is 2. The standard InChI is InChI=1S/C9H11BrO2/c10-9-2-1-7(3-4-11)8(5-9)6-12/h1-2,5,11-12H,3-4,6H2. The zero-order valence-electron chi connectivity index (χ0n) is 6.63. The maximum absolute atomic E-state index is 8.97. The first kappa shape index (κ1) is 9.71. The fourth-order valence-electron chi connectivity index (χ4n) is 1.11. The molecule has 0 aliphatic heterocycles. The van der Waals surface area contributed by atoms with Gasteiger partial charge in [0.05, 0.1) is 6.61 Å². The highest BCUT2D eigenvalue weighted by Crippen LogP contribution is 2.16. The van der Waals surface area contributed by atoms with E-state index in [1.54, 1.807) is 0 Å². The topological polar surface area (TPSA) is 40.5 Å². The highest BCUT2D eigenvalue weighted by Gasteiger charge is 2.00. The molecule has 2 N–H and O–H groups in total. The molecule has 0 fully saturated rings. The first-order valence-corrected chi connectivity index (χ1v) is 4.56. The van der Waals surface area contributed by atoms with Crippen molar-refractivity contribution < 1.29 is 10.2 Å². The summed E-state index contributed by atoms with van der Waals surface area (Å²) in [6.07, 6.45) is 0.600. The van der Waals surface area contributed by atoms with Crippen LogP contribution in [0, 0.1) is 0 Å². The van der Waals surface area contributed by atoms with E-state index >= 15 is 0 Å². The molecule has 0 saturated carbocycles. The van der Waals surface area contributed by atoms with Gasteiger partial charge in [-0.05, 0) is 29.7 Å². The zero-order chi connectivity index (χ0) is 8.97. The summed E-state index contributed by atoms with van der Waals surface area (Å²) in [6, 6.07) is 5.68. The fraction of sp³-hybridized carbons (Fsp3) is 0.333. The molecule has 0 heterocycles. The summed E-state index contributed by atoms with van der Waals surface area (Å²) in [6.45, 7) is 0.142. The lowest BCUT2D eigenvalue weighted by molar-refractivity contribution is 0.276. The monoisotopic (exact) mass is 230 g/mol. The Labute approximate surface area is 80.0 Å². The number of rotatable bonds is 3. The van der Waals surface area contributed by atoms with Gasteiger partial charge in [-0.2, -0.15) is 0 Å². The Kier molecular flexibility index (Phi) is 3.72. The van der Waals surface area contributed by atoms with Crippen LogP contribution >= 0.6 is 15.9 Å². The van der Waals surface area contributed by atoms with Crippen molar-refractivity contribution in [1.82, 2.24) is 0 Å². The molecule has 0 bridgehead atoms. The van der Waals surface area contributed by atoms with E-state index in [0.29, 0.717) is 6.42 Å². The number of aliphatic hydroxyl groups excluding tert-OH is 2. The summed E-state index contributed by atoms with van der Waals surface area (Å²) in [7, 11) is 0. The zero-order valence-corrected chi connectivity index (χ0v) is 8.21. The van der Waals surface area contributed by atoms with Crippen LogP contribution in [0.5, 0.6) is 0 Å². The Morgan fingerprint density at radius 2 is 1.92 bits per heavy atom. The predicted molar refractivity (Wildman–Crippen MR) is 50.9 cm³/mol. The predicted octanol–water partition coefficient (Wildman–Crippen LogP) is 1.48. The van der Waals surface area contributed by atoms with Crippen molar-refractivity contribution in [2.75, 3.05) is 6.61 Å². The second-order valence-corrected chi connectivity index (χ2v) is 3.46. The van der Waals surface area contributed by atoms with Crippen molar-refractivity contribution in [3.05, 3.63) is 33.8 Å². The fourth-order valence-corrected chi connectivity index (χ4v) is 1.51.